The second-order valence-corrected chi connectivity index (χ2v) is 7.10. The van der Waals surface area contributed by atoms with Crippen molar-refractivity contribution in [3.05, 3.63) is 54.3 Å². The van der Waals surface area contributed by atoms with Gasteiger partial charge in [0, 0.05) is 18.7 Å². The molecule has 1 saturated heterocycles. The molecule has 2 aromatic carbocycles. The molecule has 2 nitrogen and oxygen atoms in total. The van der Waals surface area contributed by atoms with Crippen LogP contribution >= 0.6 is 23.2 Å². The van der Waals surface area contributed by atoms with Crippen LogP contribution in [0.3, 0.4) is 0 Å². The molecule has 3 rings (SSSR count). The van der Waals surface area contributed by atoms with Crippen molar-refractivity contribution < 1.29 is 9.13 Å². The minimum Gasteiger partial charge on any atom is -0.492 e. The lowest BCUT2D eigenvalue weighted by molar-refractivity contribution is 0.187. The number of hydrogen-bond acceptors (Lipinski definition) is 2. The van der Waals surface area contributed by atoms with Crippen molar-refractivity contribution in [3.8, 4) is 16.9 Å². The summed E-state index contributed by atoms with van der Waals surface area (Å²) >= 11 is 12.4. The highest BCUT2D eigenvalue weighted by Crippen LogP contribution is 2.30. The number of nitrogens with zero attached hydrogens (tertiary/aromatic N) is 1. The molecule has 5 heteroatoms. The number of hydrogen-bond donors (Lipinski definition) is 0. The molecular weight excluding hydrogens is 348 g/mol. The first-order chi connectivity index (χ1) is 11.6. The first-order valence-corrected chi connectivity index (χ1v) is 8.99. The number of benzene rings is 2. The van der Waals surface area contributed by atoms with Gasteiger partial charge in [0.2, 0.25) is 0 Å². The molecule has 2 aromatic rings. The molecule has 128 valence electrons. The Labute approximate surface area is 152 Å². The SMILES string of the molecule is Fc1ccc(OCCN2CCC(Cl)C(Cl)C2)c(-c2ccccc2)c1. The fourth-order valence-electron chi connectivity index (χ4n) is 2.90. The van der Waals surface area contributed by atoms with Gasteiger partial charge in [-0.3, -0.25) is 4.90 Å². The maximum absolute atomic E-state index is 13.6. The summed E-state index contributed by atoms with van der Waals surface area (Å²) in [6.07, 6.45) is 0.890. The highest BCUT2D eigenvalue weighted by molar-refractivity contribution is 6.30. The van der Waals surface area contributed by atoms with Crippen LogP contribution in [-0.2, 0) is 0 Å². The summed E-state index contributed by atoms with van der Waals surface area (Å²) in [6.45, 7) is 3.00. The Morgan fingerprint density at radius 1 is 1.08 bits per heavy atom. The van der Waals surface area contributed by atoms with Gasteiger partial charge in [0.25, 0.3) is 0 Å². The highest BCUT2D eigenvalue weighted by atomic mass is 35.5. The summed E-state index contributed by atoms with van der Waals surface area (Å²) in [4.78, 5) is 2.25. The second kappa shape index (κ2) is 8.19. The van der Waals surface area contributed by atoms with Gasteiger partial charge in [-0.25, -0.2) is 4.39 Å². The van der Waals surface area contributed by atoms with Crippen LogP contribution in [0.5, 0.6) is 5.75 Å². The molecule has 2 unspecified atom stereocenters. The van der Waals surface area contributed by atoms with Crippen molar-refractivity contribution in [1.29, 1.82) is 0 Å². The van der Waals surface area contributed by atoms with Gasteiger partial charge in [-0.1, -0.05) is 30.3 Å². The fourth-order valence-corrected chi connectivity index (χ4v) is 3.40. The van der Waals surface area contributed by atoms with E-state index in [1.54, 1.807) is 6.07 Å². The van der Waals surface area contributed by atoms with E-state index in [4.69, 9.17) is 27.9 Å². The van der Waals surface area contributed by atoms with Gasteiger partial charge in [0.05, 0.1) is 10.8 Å². The summed E-state index contributed by atoms with van der Waals surface area (Å²) < 4.78 is 19.6. The van der Waals surface area contributed by atoms with Crippen molar-refractivity contribution in [2.24, 2.45) is 0 Å². The molecular formula is C19H20Cl2FNO. The van der Waals surface area contributed by atoms with Crippen LogP contribution in [-0.4, -0.2) is 41.9 Å². The van der Waals surface area contributed by atoms with Gasteiger partial charge in [-0.2, -0.15) is 0 Å². The van der Waals surface area contributed by atoms with Crippen LogP contribution in [0, 0.1) is 5.82 Å². The lowest BCUT2D eigenvalue weighted by Gasteiger charge is -2.32. The topological polar surface area (TPSA) is 12.5 Å². The molecule has 0 saturated carbocycles. The Hall–Kier alpha value is -1.29. The predicted octanol–water partition coefficient (Wildman–Crippen LogP) is 4.79. The van der Waals surface area contributed by atoms with E-state index in [0.717, 1.165) is 37.2 Å². The van der Waals surface area contributed by atoms with Gasteiger partial charge in [0.15, 0.2) is 0 Å². The third kappa shape index (κ3) is 4.41. The standard InChI is InChI=1S/C19H20Cl2FNO/c20-17-8-9-23(13-18(17)21)10-11-24-19-7-6-15(22)12-16(19)14-4-2-1-3-5-14/h1-7,12,17-18H,8-11,13H2. The Morgan fingerprint density at radius 3 is 2.62 bits per heavy atom. The molecule has 0 aromatic heterocycles. The second-order valence-electron chi connectivity index (χ2n) is 5.98. The molecule has 0 radical (unpaired) electrons. The zero-order valence-corrected chi connectivity index (χ0v) is 14.8. The molecule has 2 atom stereocenters. The third-order valence-electron chi connectivity index (χ3n) is 4.24. The van der Waals surface area contributed by atoms with Gasteiger partial charge < -0.3 is 4.74 Å². The molecule has 24 heavy (non-hydrogen) atoms. The van der Waals surface area contributed by atoms with Gasteiger partial charge in [0.1, 0.15) is 18.2 Å². The highest BCUT2D eigenvalue weighted by Gasteiger charge is 2.25. The Kier molecular flexibility index (Phi) is 5.99. The van der Waals surface area contributed by atoms with E-state index >= 15 is 0 Å². The lowest BCUT2D eigenvalue weighted by atomic mass is 10.0. The zero-order chi connectivity index (χ0) is 16.9. The maximum Gasteiger partial charge on any atom is 0.127 e. The van der Waals surface area contributed by atoms with Crippen molar-refractivity contribution in [2.75, 3.05) is 26.2 Å². The van der Waals surface area contributed by atoms with Crippen LogP contribution in [0.25, 0.3) is 11.1 Å². The third-order valence-corrected chi connectivity index (χ3v) is 5.33. The predicted molar refractivity (Wildman–Crippen MR) is 97.7 cm³/mol. The monoisotopic (exact) mass is 367 g/mol. The van der Waals surface area contributed by atoms with Gasteiger partial charge >= 0.3 is 0 Å². The average Bonchev–Trinajstić information content (AvgIpc) is 2.60. The van der Waals surface area contributed by atoms with Crippen molar-refractivity contribution in [1.82, 2.24) is 4.90 Å². The lowest BCUT2D eigenvalue weighted by Crippen LogP contribution is -2.43. The summed E-state index contributed by atoms with van der Waals surface area (Å²) in [5.74, 6) is 0.424. The minimum absolute atomic E-state index is 0.0221. The molecule has 1 fully saturated rings. The van der Waals surface area contributed by atoms with E-state index in [1.165, 1.54) is 12.1 Å². The number of rotatable bonds is 5. The van der Waals surface area contributed by atoms with Crippen LogP contribution < -0.4 is 4.74 Å². The molecule has 0 spiro atoms. The van der Waals surface area contributed by atoms with E-state index in [1.807, 2.05) is 30.3 Å². The Morgan fingerprint density at radius 2 is 1.88 bits per heavy atom. The molecule has 0 N–H and O–H groups in total. The van der Waals surface area contributed by atoms with E-state index < -0.39 is 0 Å². The van der Waals surface area contributed by atoms with E-state index in [2.05, 4.69) is 4.90 Å². The Balaban J connectivity index is 1.63. The fraction of sp³-hybridized carbons (Fsp3) is 0.368. The van der Waals surface area contributed by atoms with E-state index in [9.17, 15) is 4.39 Å². The minimum atomic E-state index is -0.268. The summed E-state index contributed by atoms with van der Waals surface area (Å²) in [6, 6.07) is 14.3. The van der Waals surface area contributed by atoms with E-state index in [0.29, 0.717) is 12.4 Å². The molecule has 1 aliphatic heterocycles. The number of halogens is 3. The normalized spacial score (nSPS) is 21.6. The van der Waals surface area contributed by atoms with Crippen LogP contribution in [0.4, 0.5) is 4.39 Å². The quantitative estimate of drug-likeness (QED) is 0.704. The number of ether oxygens (including phenoxy) is 1. The first-order valence-electron chi connectivity index (χ1n) is 8.12. The van der Waals surface area contributed by atoms with Crippen LogP contribution in [0.2, 0.25) is 0 Å². The maximum atomic E-state index is 13.6. The first kappa shape index (κ1) is 17.5. The number of alkyl halides is 2. The van der Waals surface area contributed by atoms with Crippen molar-refractivity contribution in [3.63, 3.8) is 0 Å². The summed E-state index contributed by atoms with van der Waals surface area (Å²) in [5, 5.41) is 0.0248. The Bertz CT molecular complexity index is 668. The molecule has 1 aliphatic rings. The van der Waals surface area contributed by atoms with Gasteiger partial charge in [-0.15, -0.1) is 23.2 Å². The van der Waals surface area contributed by atoms with Crippen LogP contribution in [0.1, 0.15) is 6.42 Å². The van der Waals surface area contributed by atoms with E-state index in [-0.39, 0.29) is 16.6 Å². The average molecular weight is 368 g/mol. The smallest absolute Gasteiger partial charge is 0.127 e. The van der Waals surface area contributed by atoms with Crippen molar-refractivity contribution >= 4 is 23.2 Å². The molecule has 1 heterocycles. The summed E-state index contributed by atoms with van der Waals surface area (Å²) in [7, 11) is 0. The summed E-state index contributed by atoms with van der Waals surface area (Å²) in [5.41, 5.74) is 1.71. The zero-order valence-electron chi connectivity index (χ0n) is 13.3. The largest absolute Gasteiger partial charge is 0.492 e. The molecule has 0 aliphatic carbocycles. The molecule has 0 bridgehead atoms. The number of likely N-dealkylation sites (tertiary alicyclic amines) is 1. The van der Waals surface area contributed by atoms with Gasteiger partial charge in [-0.05, 0) is 36.7 Å². The van der Waals surface area contributed by atoms with Crippen molar-refractivity contribution in [2.45, 2.75) is 17.2 Å². The number of piperidine rings is 1. The molecule has 0 amide bonds. The van der Waals surface area contributed by atoms with Crippen LogP contribution in [0.15, 0.2) is 48.5 Å².